The molecule has 0 unspecified atom stereocenters. The molecule has 1 atom stereocenters. The van der Waals surface area contributed by atoms with Crippen LogP contribution in [0.3, 0.4) is 0 Å². The summed E-state index contributed by atoms with van der Waals surface area (Å²) in [7, 11) is 1.89. The lowest BCUT2D eigenvalue weighted by Crippen LogP contribution is -2.42. The van der Waals surface area contributed by atoms with Gasteiger partial charge in [-0.15, -0.1) is 5.10 Å². The van der Waals surface area contributed by atoms with E-state index in [1.54, 1.807) is 4.68 Å². The molecule has 1 amide bonds. The molecule has 4 rings (SSSR count). The van der Waals surface area contributed by atoms with Crippen molar-refractivity contribution in [1.29, 1.82) is 0 Å². The topological polar surface area (TPSA) is 67.2 Å². The number of carbonyl (C=O) groups is 1. The van der Waals surface area contributed by atoms with Crippen LogP contribution in [0.25, 0.3) is 5.69 Å². The molecule has 2 heterocycles. The number of piperidine rings is 1. The van der Waals surface area contributed by atoms with Gasteiger partial charge in [-0.3, -0.25) is 4.79 Å². The minimum absolute atomic E-state index is 0.0431. The predicted molar refractivity (Wildman–Crippen MR) is 120 cm³/mol. The molecule has 31 heavy (non-hydrogen) atoms. The Hall–Kier alpha value is -2.77. The van der Waals surface area contributed by atoms with E-state index in [0.29, 0.717) is 11.5 Å². The van der Waals surface area contributed by atoms with Gasteiger partial charge >= 0.3 is 0 Å². The molecule has 7 nitrogen and oxygen atoms in total. The van der Waals surface area contributed by atoms with Crippen molar-refractivity contribution >= 4 is 17.5 Å². The molecular formula is C23H27ClN6O. The highest BCUT2D eigenvalue weighted by atomic mass is 35.5. The van der Waals surface area contributed by atoms with E-state index in [4.69, 9.17) is 11.6 Å². The van der Waals surface area contributed by atoms with E-state index in [-0.39, 0.29) is 5.91 Å². The van der Waals surface area contributed by atoms with Crippen LogP contribution >= 0.6 is 11.6 Å². The second-order valence-corrected chi connectivity index (χ2v) is 8.61. The SMILES string of the molecule is CN(C[C@H]1CCCN(CCc2ccc(Cl)cc2)C1)C(=O)c1ccc(-n2cnnn2)cc1. The molecule has 162 valence electrons. The molecule has 1 aromatic heterocycles. The van der Waals surface area contributed by atoms with Crippen LogP contribution in [-0.2, 0) is 6.42 Å². The number of halogens is 1. The Morgan fingerprint density at radius 3 is 2.65 bits per heavy atom. The fourth-order valence-corrected chi connectivity index (χ4v) is 4.29. The third kappa shape index (κ3) is 5.68. The van der Waals surface area contributed by atoms with Gasteiger partial charge in [-0.2, -0.15) is 0 Å². The average molecular weight is 439 g/mol. The van der Waals surface area contributed by atoms with Crippen molar-refractivity contribution in [2.24, 2.45) is 5.92 Å². The van der Waals surface area contributed by atoms with Gasteiger partial charge < -0.3 is 9.80 Å². The van der Waals surface area contributed by atoms with Crippen molar-refractivity contribution in [3.63, 3.8) is 0 Å². The standard InChI is InChI=1S/C23H27ClN6O/c1-28(23(31)20-6-10-22(11-7-20)30-17-25-26-27-30)15-19-3-2-13-29(16-19)14-12-18-4-8-21(24)9-5-18/h4-11,17,19H,2-3,12-16H2,1H3/t19-/m1/s1. The van der Waals surface area contributed by atoms with Crippen molar-refractivity contribution in [2.45, 2.75) is 19.3 Å². The number of nitrogens with zero attached hydrogens (tertiary/aromatic N) is 6. The molecule has 8 heteroatoms. The molecule has 1 saturated heterocycles. The summed E-state index contributed by atoms with van der Waals surface area (Å²) in [4.78, 5) is 17.3. The molecule has 2 aromatic carbocycles. The molecule has 0 aliphatic carbocycles. The number of amides is 1. The quantitative estimate of drug-likeness (QED) is 0.566. The predicted octanol–water partition coefficient (Wildman–Crippen LogP) is 3.34. The van der Waals surface area contributed by atoms with Gasteiger partial charge in [-0.05, 0) is 84.1 Å². The van der Waals surface area contributed by atoms with Crippen LogP contribution in [0.15, 0.2) is 54.9 Å². The molecule has 0 spiro atoms. The summed E-state index contributed by atoms with van der Waals surface area (Å²) >= 11 is 5.98. The highest BCUT2D eigenvalue weighted by molar-refractivity contribution is 6.30. The average Bonchev–Trinajstić information content (AvgIpc) is 3.34. The number of likely N-dealkylation sites (tertiary alicyclic amines) is 1. The summed E-state index contributed by atoms with van der Waals surface area (Å²) < 4.78 is 1.57. The second kappa shape index (κ2) is 10.0. The smallest absolute Gasteiger partial charge is 0.253 e. The molecule has 0 N–H and O–H groups in total. The molecule has 0 radical (unpaired) electrons. The number of carbonyl (C=O) groups excluding carboxylic acids is 1. The molecule has 1 aliphatic rings. The van der Waals surface area contributed by atoms with Gasteiger partial charge in [0.1, 0.15) is 6.33 Å². The highest BCUT2D eigenvalue weighted by Crippen LogP contribution is 2.19. The van der Waals surface area contributed by atoms with Crippen molar-refractivity contribution in [3.8, 4) is 5.69 Å². The van der Waals surface area contributed by atoms with Gasteiger partial charge in [0.2, 0.25) is 0 Å². The number of hydrogen-bond donors (Lipinski definition) is 0. The first kappa shape index (κ1) is 21.5. The summed E-state index contributed by atoms with van der Waals surface area (Å²) in [6, 6.07) is 15.5. The summed E-state index contributed by atoms with van der Waals surface area (Å²) in [6.07, 6.45) is 4.89. The number of hydrogen-bond acceptors (Lipinski definition) is 5. The maximum Gasteiger partial charge on any atom is 0.253 e. The fraction of sp³-hybridized carbons (Fsp3) is 0.391. The lowest BCUT2D eigenvalue weighted by Gasteiger charge is -2.34. The Morgan fingerprint density at radius 2 is 1.94 bits per heavy atom. The highest BCUT2D eigenvalue weighted by Gasteiger charge is 2.23. The number of rotatable bonds is 7. The van der Waals surface area contributed by atoms with Crippen LogP contribution in [0.5, 0.6) is 0 Å². The fourth-order valence-electron chi connectivity index (χ4n) is 4.17. The van der Waals surface area contributed by atoms with Gasteiger partial charge in [0.15, 0.2) is 0 Å². The molecule has 1 aliphatic heterocycles. The monoisotopic (exact) mass is 438 g/mol. The maximum atomic E-state index is 12.9. The Kier molecular flexibility index (Phi) is 6.94. The third-order valence-corrected chi connectivity index (χ3v) is 6.09. The van der Waals surface area contributed by atoms with Crippen molar-refractivity contribution in [2.75, 3.05) is 33.2 Å². The van der Waals surface area contributed by atoms with Crippen LogP contribution in [0.4, 0.5) is 0 Å². The molecule has 1 fully saturated rings. The lowest BCUT2D eigenvalue weighted by atomic mass is 9.96. The molecule has 0 saturated carbocycles. The van der Waals surface area contributed by atoms with E-state index in [2.05, 4.69) is 32.6 Å². The van der Waals surface area contributed by atoms with E-state index in [1.165, 1.54) is 18.3 Å². The van der Waals surface area contributed by atoms with Crippen LogP contribution in [0.1, 0.15) is 28.8 Å². The largest absolute Gasteiger partial charge is 0.341 e. The summed E-state index contributed by atoms with van der Waals surface area (Å²) in [5.41, 5.74) is 2.81. The van der Waals surface area contributed by atoms with E-state index in [0.717, 1.165) is 49.7 Å². The number of aromatic nitrogens is 4. The lowest BCUT2D eigenvalue weighted by molar-refractivity contribution is 0.0730. The Bertz CT molecular complexity index is 974. The number of tetrazole rings is 1. The first-order chi connectivity index (χ1) is 15.1. The summed E-state index contributed by atoms with van der Waals surface area (Å²) in [5.74, 6) is 0.537. The van der Waals surface area contributed by atoms with E-state index in [9.17, 15) is 4.79 Å². The first-order valence-electron chi connectivity index (χ1n) is 10.6. The van der Waals surface area contributed by atoms with E-state index < -0.39 is 0 Å². The number of benzene rings is 2. The van der Waals surface area contributed by atoms with Crippen LogP contribution < -0.4 is 0 Å². The van der Waals surface area contributed by atoms with Gasteiger partial charge in [-0.25, -0.2) is 4.68 Å². The summed E-state index contributed by atoms with van der Waals surface area (Å²) in [5, 5.41) is 11.9. The van der Waals surface area contributed by atoms with Gasteiger partial charge in [0.25, 0.3) is 5.91 Å². The minimum atomic E-state index is 0.0431. The van der Waals surface area contributed by atoms with Crippen molar-refractivity contribution in [1.82, 2.24) is 30.0 Å². The third-order valence-electron chi connectivity index (χ3n) is 5.84. The Balaban J connectivity index is 1.28. The zero-order valence-corrected chi connectivity index (χ0v) is 18.4. The maximum absolute atomic E-state index is 12.9. The zero-order valence-electron chi connectivity index (χ0n) is 17.7. The normalized spacial score (nSPS) is 16.9. The van der Waals surface area contributed by atoms with Gasteiger partial charge in [-0.1, -0.05) is 23.7 Å². The molecule has 0 bridgehead atoms. The van der Waals surface area contributed by atoms with E-state index >= 15 is 0 Å². The molecule has 3 aromatic rings. The van der Waals surface area contributed by atoms with Gasteiger partial charge in [0.05, 0.1) is 5.69 Å². The Labute approximate surface area is 187 Å². The zero-order chi connectivity index (χ0) is 21.6. The Morgan fingerprint density at radius 1 is 1.16 bits per heavy atom. The minimum Gasteiger partial charge on any atom is -0.341 e. The van der Waals surface area contributed by atoms with Gasteiger partial charge in [0, 0.05) is 37.3 Å². The molecular weight excluding hydrogens is 412 g/mol. The second-order valence-electron chi connectivity index (χ2n) is 8.17. The van der Waals surface area contributed by atoms with Crippen LogP contribution in [0.2, 0.25) is 5.02 Å². The van der Waals surface area contributed by atoms with Crippen LogP contribution in [0, 0.1) is 5.92 Å². The van der Waals surface area contributed by atoms with Crippen molar-refractivity contribution in [3.05, 3.63) is 71.0 Å². The van der Waals surface area contributed by atoms with Crippen LogP contribution in [-0.4, -0.2) is 69.1 Å². The first-order valence-corrected chi connectivity index (χ1v) is 11.0. The summed E-state index contributed by atoms with van der Waals surface area (Å²) in [6.45, 7) is 3.96. The van der Waals surface area contributed by atoms with Crippen molar-refractivity contribution < 1.29 is 4.79 Å². The van der Waals surface area contributed by atoms with E-state index in [1.807, 2.05) is 48.3 Å².